The number of morpholine rings is 1. The van der Waals surface area contributed by atoms with E-state index in [-0.39, 0.29) is 0 Å². The molecule has 94 valence electrons. The van der Waals surface area contributed by atoms with Gasteiger partial charge in [-0.2, -0.15) is 4.98 Å². The molecule has 1 saturated heterocycles. The molecule has 0 atom stereocenters. The van der Waals surface area contributed by atoms with Crippen LogP contribution in [0.1, 0.15) is 0 Å². The second kappa shape index (κ2) is 5.07. The average Bonchev–Trinajstić information content (AvgIpc) is 2.90. The Morgan fingerprint density at radius 3 is 2.56 bits per heavy atom. The minimum Gasteiger partial charge on any atom is -0.378 e. The number of nitrogens with zero attached hydrogens (tertiary/aromatic N) is 3. The fourth-order valence-corrected chi connectivity index (χ4v) is 2.08. The predicted molar refractivity (Wildman–Crippen MR) is 70.5 cm³/mol. The summed E-state index contributed by atoms with van der Waals surface area (Å²) in [5.41, 5.74) is 0.921. The van der Waals surface area contributed by atoms with E-state index < -0.39 is 0 Å². The molecule has 0 radical (unpaired) electrons. The first-order valence-electron chi connectivity index (χ1n) is 5.75. The van der Waals surface area contributed by atoms with Gasteiger partial charge in [0.1, 0.15) is 0 Å². The summed E-state index contributed by atoms with van der Waals surface area (Å²) in [5, 5.41) is 4.01. The van der Waals surface area contributed by atoms with E-state index in [0.717, 1.165) is 23.1 Å². The lowest BCUT2D eigenvalue weighted by Crippen LogP contribution is -2.36. The van der Waals surface area contributed by atoms with Crippen LogP contribution in [-0.4, -0.2) is 36.4 Å². The Kier molecular flexibility index (Phi) is 3.29. The second-order valence-electron chi connectivity index (χ2n) is 4.01. The lowest BCUT2D eigenvalue weighted by Gasteiger charge is -2.24. The molecule has 1 aliphatic heterocycles. The van der Waals surface area contributed by atoms with Crippen molar-refractivity contribution in [1.82, 2.24) is 10.1 Å². The lowest BCUT2D eigenvalue weighted by molar-refractivity contribution is 0.121. The number of ether oxygens (including phenoxy) is 1. The largest absolute Gasteiger partial charge is 0.378 e. The maximum atomic E-state index is 5.29. The molecule has 18 heavy (non-hydrogen) atoms. The number of hydrogen-bond donors (Lipinski definition) is 0. The summed E-state index contributed by atoms with van der Waals surface area (Å²) in [5.74, 6) is 1.18. The number of rotatable bonds is 2. The highest BCUT2D eigenvalue weighted by atomic mass is 79.9. The van der Waals surface area contributed by atoms with Gasteiger partial charge in [-0.05, 0) is 29.4 Å². The van der Waals surface area contributed by atoms with Crippen molar-refractivity contribution in [2.45, 2.75) is 0 Å². The van der Waals surface area contributed by atoms with E-state index >= 15 is 0 Å². The maximum Gasteiger partial charge on any atom is 0.266 e. The van der Waals surface area contributed by atoms with Crippen LogP contribution in [-0.2, 0) is 4.74 Å². The Morgan fingerprint density at radius 2 is 1.83 bits per heavy atom. The minimum atomic E-state index is 0.545. The topological polar surface area (TPSA) is 51.4 Å². The molecule has 2 aromatic rings. The quantitative estimate of drug-likeness (QED) is 0.852. The zero-order chi connectivity index (χ0) is 12.4. The molecule has 0 saturated carbocycles. The van der Waals surface area contributed by atoms with Crippen LogP contribution in [0.4, 0.5) is 5.95 Å². The SMILES string of the molecule is Brc1ccc(-c2nc(N3CCOCC3)no2)cc1. The smallest absolute Gasteiger partial charge is 0.266 e. The maximum absolute atomic E-state index is 5.29. The molecule has 1 aromatic carbocycles. The summed E-state index contributed by atoms with van der Waals surface area (Å²) in [6, 6.07) is 7.79. The summed E-state index contributed by atoms with van der Waals surface area (Å²) >= 11 is 3.40. The Morgan fingerprint density at radius 1 is 1.11 bits per heavy atom. The number of halogens is 1. The molecule has 5 nitrogen and oxygen atoms in total. The molecule has 3 rings (SSSR count). The van der Waals surface area contributed by atoms with Gasteiger partial charge in [-0.1, -0.05) is 15.9 Å². The van der Waals surface area contributed by atoms with Crippen LogP contribution in [0.15, 0.2) is 33.3 Å². The molecule has 1 aliphatic rings. The normalized spacial score (nSPS) is 15.9. The number of aromatic nitrogens is 2. The van der Waals surface area contributed by atoms with Gasteiger partial charge in [0.25, 0.3) is 11.8 Å². The highest BCUT2D eigenvalue weighted by Crippen LogP contribution is 2.22. The standard InChI is InChI=1S/C12H12BrN3O2/c13-10-3-1-9(2-4-10)11-14-12(15-18-11)16-5-7-17-8-6-16/h1-4H,5-8H2. The van der Waals surface area contributed by atoms with Crippen LogP contribution in [0.25, 0.3) is 11.5 Å². The van der Waals surface area contributed by atoms with Gasteiger partial charge in [0.15, 0.2) is 0 Å². The van der Waals surface area contributed by atoms with Gasteiger partial charge in [-0.25, -0.2) is 0 Å². The molecule has 6 heteroatoms. The Labute approximate surface area is 113 Å². The highest BCUT2D eigenvalue weighted by Gasteiger charge is 2.17. The van der Waals surface area contributed by atoms with E-state index in [4.69, 9.17) is 9.26 Å². The molecule has 0 spiro atoms. The third kappa shape index (κ3) is 2.39. The van der Waals surface area contributed by atoms with E-state index in [1.807, 2.05) is 24.3 Å². The fourth-order valence-electron chi connectivity index (χ4n) is 1.82. The van der Waals surface area contributed by atoms with E-state index in [2.05, 4.69) is 31.0 Å². The van der Waals surface area contributed by atoms with Crippen molar-refractivity contribution in [2.75, 3.05) is 31.2 Å². The van der Waals surface area contributed by atoms with Crippen molar-refractivity contribution in [3.63, 3.8) is 0 Å². The number of hydrogen-bond acceptors (Lipinski definition) is 5. The molecular formula is C12H12BrN3O2. The molecule has 0 amide bonds. The number of anilines is 1. The van der Waals surface area contributed by atoms with Gasteiger partial charge in [0, 0.05) is 23.1 Å². The van der Waals surface area contributed by atoms with Crippen LogP contribution < -0.4 is 4.90 Å². The Balaban J connectivity index is 1.82. The van der Waals surface area contributed by atoms with Gasteiger partial charge in [0.2, 0.25) is 0 Å². The van der Waals surface area contributed by atoms with Crippen molar-refractivity contribution in [3.05, 3.63) is 28.7 Å². The van der Waals surface area contributed by atoms with Crippen molar-refractivity contribution in [1.29, 1.82) is 0 Å². The summed E-state index contributed by atoms with van der Waals surface area (Å²) in [7, 11) is 0. The Hall–Kier alpha value is -1.40. The second-order valence-corrected chi connectivity index (χ2v) is 4.92. The van der Waals surface area contributed by atoms with E-state index in [0.29, 0.717) is 25.1 Å². The molecule has 1 fully saturated rings. The highest BCUT2D eigenvalue weighted by molar-refractivity contribution is 9.10. The average molecular weight is 310 g/mol. The first kappa shape index (κ1) is 11.7. The summed E-state index contributed by atoms with van der Waals surface area (Å²) < 4.78 is 11.6. The first-order chi connectivity index (χ1) is 8.83. The third-order valence-corrected chi connectivity index (χ3v) is 3.33. The van der Waals surface area contributed by atoms with Gasteiger partial charge in [0.05, 0.1) is 13.2 Å². The molecular weight excluding hydrogens is 298 g/mol. The van der Waals surface area contributed by atoms with Gasteiger partial charge < -0.3 is 14.2 Å². The molecule has 0 unspecified atom stereocenters. The molecule has 0 bridgehead atoms. The summed E-state index contributed by atoms with van der Waals surface area (Å²) in [4.78, 5) is 6.48. The van der Waals surface area contributed by atoms with E-state index in [9.17, 15) is 0 Å². The minimum absolute atomic E-state index is 0.545. The Bertz CT molecular complexity index is 520. The van der Waals surface area contributed by atoms with Crippen molar-refractivity contribution < 1.29 is 9.26 Å². The monoisotopic (exact) mass is 309 g/mol. The zero-order valence-electron chi connectivity index (χ0n) is 9.67. The molecule has 1 aromatic heterocycles. The lowest BCUT2D eigenvalue weighted by atomic mass is 10.2. The van der Waals surface area contributed by atoms with Gasteiger partial charge in [-0.3, -0.25) is 0 Å². The molecule has 0 aliphatic carbocycles. The zero-order valence-corrected chi connectivity index (χ0v) is 11.3. The van der Waals surface area contributed by atoms with E-state index in [1.165, 1.54) is 0 Å². The summed E-state index contributed by atoms with van der Waals surface area (Å²) in [6.45, 7) is 3.03. The molecule has 2 heterocycles. The van der Waals surface area contributed by atoms with Crippen LogP contribution in [0.2, 0.25) is 0 Å². The van der Waals surface area contributed by atoms with Crippen LogP contribution in [0, 0.1) is 0 Å². The summed E-state index contributed by atoms with van der Waals surface area (Å²) in [6.07, 6.45) is 0. The fraction of sp³-hybridized carbons (Fsp3) is 0.333. The van der Waals surface area contributed by atoms with Crippen LogP contribution in [0.5, 0.6) is 0 Å². The number of benzene rings is 1. The van der Waals surface area contributed by atoms with Crippen LogP contribution >= 0.6 is 15.9 Å². The predicted octanol–water partition coefficient (Wildman–Crippen LogP) is 2.34. The van der Waals surface area contributed by atoms with E-state index in [1.54, 1.807) is 0 Å². The first-order valence-corrected chi connectivity index (χ1v) is 6.54. The van der Waals surface area contributed by atoms with Gasteiger partial charge >= 0.3 is 0 Å². The third-order valence-electron chi connectivity index (χ3n) is 2.80. The van der Waals surface area contributed by atoms with Gasteiger partial charge in [-0.15, -0.1) is 0 Å². The molecule has 0 N–H and O–H groups in total. The van der Waals surface area contributed by atoms with Crippen molar-refractivity contribution >= 4 is 21.9 Å². The van der Waals surface area contributed by atoms with Crippen LogP contribution in [0.3, 0.4) is 0 Å². The van der Waals surface area contributed by atoms with Crippen molar-refractivity contribution in [2.24, 2.45) is 0 Å². The van der Waals surface area contributed by atoms with Crippen molar-refractivity contribution in [3.8, 4) is 11.5 Å².